The van der Waals surface area contributed by atoms with Crippen LogP contribution >= 0.6 is 27.3 Å². The second-order valence-electron chi connectivity index (χ2n) is 3.30. The second-order valence-corrected chi connectivity index (χ2v) is 5.59. The van der Waals surface area contributed by atoms with E-state index in [0.717, 1.165) is 16.0 Å². The molecule has 0 saturated carbocycles. The summed E-state index contributed by atoms with van der Waals surface area (Å²) in [6, 6.07) is 11.7. The van der Waals surface area contributed by atoms with Gasteiger partial charge in [-0.1, -0.05) is 0 Å². The third-order valence-electron chi connectivity index (χ3n) is 2.13. The molecule has 0 atom stereocenters. The van der Waals surface area contributed by atoms with Crippen LogP contribution < -0.4 is 5.32 Å². The molecule has 0 spiro atoms. The number of hydrogen-bond acceptors (Lipinski definition) is 3. The van der Waals surface area contributed by atoms with E-state index in [1.807, 2.05) is 24.3 Å². The van der Waals surface area contributed by atoms with Crippen molar-refractivity contribution in [3.63, 3.8) is 0 Å². The highest BCUT2D eigenvalue weighted by atomic mass is 79.9. The summed E-state index contributed by atoms with van der Waals surface area (Å²) in [5.41, 5.74) is 2.96. The molecular weight excluding hydrogens is 284 g/mol. The number of rotatable bonds is 3. The van der Waals surface area contributed by atoms with E-state index in [4.69, 9.17) is 5.26 Å². The van der Waals surface area contributed by atoms with Gasteiger partial charge in [0.1, 0.15) is 0 Å². The number of anilines is 1. The summed E-state index contributed by atoms with van der Waals surface area (Å²) >= 11 is 5.11. The molecule has 0 fully saturated rings. The SMILES string of the molecule is N#Cc1ccc(NCc2csc(Br)c2)cc1. The molecule has 0 unspecified atom stereocenters. The Morgan fingerprint density at radius 1 is 1.31 bits per heavy atom. The molecule has 1 heterocycles. The lowest BCUT2D eigenvalue weighted by Gasteiger charge is -2.04. The molecule has 16 heavy (non-hydrogen) atoms. The molecule has 1 aromatic carbocycles. The summed E-state index contributed by atoms with van der Waals surface area (Å²) < 4.78 is 1.14. The largest absolute Gasteiger partial charge is 0.381 e. The lowest BCUT2D eigenvalue weighted by atomic mass is 10.2. The number of thiophene rings is 1. The molecule has 80 valence electrons. The van der Waals surface area contributed by atoms with Crippen molar-refractivity contribution in [2.24, 2.45) is 0 Å². The predicted octanol–water partition coefficient (Wildman–Crippen LogP) is 3.99. The van der Waals surface area contributed by atoms with E-state index in [-0.39, 0.29) is 0 Å². The average molecular weight is 293 g/mol. The van der Waals surface area contributed by atoms with Gasteiger partial charge in [-0.05, 0) is 57.2 Å². The highest BCUT2D eigenvalue weighted by Crippen LogP contribution is 2.21. The van der Waals surface area contributed by atoms with Crippen LogP contribution in [0.1, 0.15) is 11.1 Å². The highest BCUT2D eigenvalue weighted by Gasteiger charge is 1.97. The van der Waals surface area contributed by atoms with Gasteiger partial charge in [-0.15, -0.1) is 11.3 Å². The average Bonchev–Trinajstić information content (AvgIpc) is 2.73. The topological polar surface area (TPSA) is 35.8 Å². The second kappa shape index (κ2) is 5.15. The maximum Gasteiger partial charge on any atom is 0.0991 e. The van der Waals surface area contributed by atoms with Crippen molar-refractivity contribution in [3.8, 4) is 6.07 Å². The van der Waals surface area contributed by atoms with Crippen LogP contribution in [0.15, 0.2) is 39.5 Å². The molecule has 0 aliphatic carbocycles. The maximum atomic E-state index is 8.66. The zero-order valence-electron chi connectivity index (χ0n) is 8.40. The number of nitrogens with one attached hydrogen (secondary N) is 1. The fraction of sp³-hybridized carbons (Fsp3) is 0.0833. The van der Waals surface area contributed by atoms with Gasteiger partial charge in [0.15, 0.2) is 0 Å². The number of nitrogens with zero attached hydrogens (tertiary/aromatic N) is 1. The van der Waals surface area contributed by atoms with Crippen LogP contribution in [0.3, 0.4) is 0 Å². The molecule has 2 rings (SSSR count). The number of nitriles is 1. The summed E-state index contributed by atoms with van der Waals surface area (Å²) in [6.45, 7) is 0.800. The normalized spacial score (nSPS) is 9.75. The fourth-order valence-corrected chi connectivity index (χ4v) is 2.51. The maximum absolute atomic E-state index is 8.66. The zero-order valence-corrected chi connectivity index (χ0v) is 10.8. The molecular formula is C12H9BrN2S. The molecule has 0 radical (unpaired) electrons. The van der Waals surface area contributed by atoms with E-state index in [0.29, 0.717) is 5.56 Å². The van der Waals surface area contributed by atoms with E-state index in [1.165, 1.54) is 5.56 Å². The standard InChI is InChI=1S/C12H9BrN2S/c13-12-5-10(8-16-12)7-15-11-3-1-9(6-14)2-4-11/h1-5,8,15H,7H2. The molecule has 0 amide bonds. The van der Waals surface area contributed by atoms with Crippen LogP contribution in [-0.4, -0.2) is 0 Å². The van der Waals surface area contributed by atoms with Crippen molar-refractivity contribution in [1.29, 1.82) is 5.26 Å². The van der Waals surface area contributed by atoms with Gasteiger partial charge in [0.05, 0.1) is 15.4 Å². The van der Waals surface area contributed by atoms with Crippen LogP contribution in [0, 0.1) is 11.3 Å². The lowest BCUT2D eigenvalue weighted by molar-refractivity contribution is 1.16. The van der Waals surface area contributed by atoms with Gasteiger partial charge in [0.25, 0.3) is 0 Å². The van der Waals surface area contributed by atoms with E-state index in [1.54, 1.807) is 11.3 Å². The first-order chi connectivity index (χ1) is 7.78. The zero-order chi connectivity index (χ0) is 11.4. The van der Waals surface area contributed by atoms with Gasteiger partial charge in [-0.2, -0.15) is 5.26 Å². The molecule has 2 nitrogen and oxygen atoms in total. The summed E-state index contributed by atoms with van der Waals surface area (Å²) in [4.78, 5) is 0. The smallest absolute Gasteiger partial charge is 0.0991 e. The minimum Gasteiger partial charge on any atom is -0.381 e. The summed E-state index contributed by atoms with van der Waals surface area (Å²) in [5.74, 6) is 0. The quantitative estimate of drug-likeness (QED) is 0.928. The monoisotopic (exact) mass is 292 g/mol. The first kappa shape index (κ1) is 11.2. The van der Waals surface area contributed by atoms with E-state index < -0.39 is 0 Å². The van der Waals surface area contributed by atoms with Crippen molar-refractivity contribution in [3.05, 3.63) is 50.6 Å². The number of halogens is 1. The first-order valence-electron chi connectivity index (χ1n) is 4.75. The van der Waals surface area contributed by atoms with Crippen LogP contribution in [0.5, 0.6) is 0 Å². The lowest BCUT2D eigenvalue weighted by Crippen LogP contribution is -1.97. The Kier molecular flexibility index (Phi) is 3.60. The molecule has 1 aromatic heterocycles. The van der Waals surface area contributed by atoms with Crippen molar-refractivity contribution < 1.29 is 0 Å². The predicted molar refractivity (Wildman–Crippen MR) is 70.5 cm³/mol. The Bertz CT molecular complexity index is 511. The molecule has 0 aliphatic heterocycles. The van der Waals surface area contributed by atoms with Gasteiger partial charge < -0.3 is 5.32 Å². The van der Waals surface area contributed by atoms with E-state index >= 15 is 0 Å². The number of benzene rings is 1. The minimum atomic E-state index is 0.684. The van der Waals surface area contributed by atoms with Gasteiger partial charge >= 0.3 is 0 Å². The first-order valence-corrected chi connectivity index (χ1v) is 6.42. The molecule has 0 bridgehead atoms. The summed E-state index contributed by atoms with van der Waals surface area (Å²) in [7, 11) is 0. The Labute approximate surface area is 107 Å². The Balaban J connectivity index is 1.97. The molecule has 4 heteroatoms. The van der Waals surface area contributed by atoms with Gasteiger partial charge in [0, 0.05) is 12.2 Å². The van der Waals surface area contributed by atoms with Crippen LogP contribution in [0.2, 0.25) is 0 Å². The number of hydrogen-bond donors (Lipinski definition) is 1. The Morgan fingerprint density at radius 2 is 2.06 bits per heavy atom. The van der Waals surface area contributed by atoms with Crippen LogP contribution in [0.4, 0.5) is 5.69 Å². The summed E-state index contributed by atoms with van der Waals surface area (Å²) in [6.07, 6.45) is 0. The van der Waals surface area contributed by atoms with E-state index in [2.05, 4.69) is 38.8 Å². The van der Waals surface area contributed by atoms with Crippen molar-refractivity contribution in [2.45, 2.75) is 6.54 Å². The molecule has 1 N–H and O–H groups in total. The van der Waals surface area contributed by atoms with Crippen molar-refractivity contribution in [1.82, 2.24) is 0 Å². The Morgan fingerprint density at radius 3 is 2.62 bits per heavy atom. The van der Waals surface area contributed by atoms with Crippen LogP contribution in [0.25, 0.3) is 0 Å². The third-order valence-corrected chi connectivity index (χ3v) is 3.69. The van der Waals surface area contributed by atoms with E-state index in [9.17, 15) is 0 Å². The Hall–Kier alpha value is -1.31. The van der Waals surface area contributed by atoms with Gasteiger partial charge in [-0.25, -0.2) is 0 Å². The summed E-state index contributed by atoms with van der Waals surface area (Å²) in [5, 5.41) is 14.1. The molecule has 0 saturated heterocycles. The van der Waals surface area contributed by atoms with Gasteiger partial charge in [0.2, 0.25) is 0 Å². The van der Waals surface area contributed by atoms with Crippen LogP contribution in [-0.2, 0) is 6.54 Å². The van der Waals surface area contributed by atoms with Crippen molar-refractivity contribution >= 4 is 33.0 Å². The molecule has 2 aromatic rings. The van der Waals surface area contributed by atoms with Gasteiger partial charge in [-0.3, -0.25) is 0 Å². The third kappa shape index (κ3) is 2.84. The minimum absolute atomic E-state index is 0.684. The highest BCUT2D eigenvalue weighted by molar-refractivity contribution is 9.11. The fourth-order valence-electron chi connectivity index (χ4n) is 1.31. The van der Waals surface area contributed by atoms with Crippen molar-refractivity contribution in [2.75, 3.05) is 5.32 Å². The molecule has 0 aliphatic rings.